The molecule has 2 fully saturated rings. The van der Waals surface area contributed by atoms with E-state index >= 15 is 0 Å². The number of morpholine rings is 1. The standard InChI is InChI=1S/C17H21N3O4/c1-12(21)19-7-9-20(10-8-19)17(23)16-15(18-14(22)11-24-16)13-5-3-2-4-6-13/h2-6,15-16H,7-11H2,1H3,(H,18,22)/t15-,16+/m1/s1. The second-order valence-electron chi connectivity index (χ2n) is 6.02. The summed E-state index contributed by atoms with van der Waals surface area (Å²) in [6.07, 6.45) is -0.742. The highest BCUT2D eigenvalue weighted by Crippen LogP contribution is 2.24. The fraction of sp³-hybridized carbons (Fsp3) is 0.471. The zero-order valence-electron chi connectivity index (χ0n) is 13.6. The molecule has 128 valence electrons. The van der Waals surface area contributed by atoms with Crippen LogP contribution in [0.2, 0.25) is 0 Å². The van der Waals surface area contributed by atoms with E-state index in [-0.39, 0.29) is 24.3 Å². The number of piperazine rings is 1. The summed E-state index contributed by atoms with van der Waals surface area (Å²) in [6, 6.07) is 8.85. The highest BCUT2D eigenvalue weighted by Gasteiger charge is 2.39. The lowest BCUT2D eigenvalue weighted by molar-refractivity contribution is -0.157. The average molecular weight is 331 g/mol. The third-order valence-electron chi connectivity index (χ3n) is 4.45. The number of hydrogen-bond acceptors (Lipinski definition) is 4. The quantitative estimate of drug-likeness (QED) is 0.823. The topological polar surface area (TPSA) is 79.0 Å². The van der Waals surface area contributed by atoms with E-state index in [0.29, 0.717) is 26.2 Å². The van der Waals surface area contributed by atoms with E-state index in [1.165, 1.54) is 6.92 Å². The van der Waals surface area contributed by atoms with Gasteiger partial charge in [0, 0.05) is 33.1 Å². The molecule has 2 heterocycles. The van der Waals surface area contributed by atoms with Gasteiger partial charge in [-0.25, -0.2) is 0 Å². The van der Waals surface area contributed by atoms with Gasteiger partial charge in [-0.1, -0.05) is 30.3 Å². The third-order valence-corrected chi connectivity index (χ3v) is 4.45. The zero-order valence-corrected chi connectivity index (χ0v) is 13.6. The number of rotatable bonds is 2. The van der Waals surface area contributed by atoms with Crippen molar-refractivity contribution in [1.82, 2.24) is 15.1 Å². The van der Waals surface area contributed by atoms with Gasteiger partial charge in [0.25, 0.3) is 5.91 Å². The van der Waals surface area contributed by atoms with Crippen LogP contribution in [0.15, 0.2) is 30.3 Å². The number of nitrogens with one attached hydrogen (secondary N) is 1. The van der Waals surface area contributed by atoms with Crippen molar-refractivity contribution in [3.63, 3.8) is 0 Å². The summed E-state index contributed by atoms with van der Waals surface area (Å²) in [5.41, 5.74) is 0.839. The average Bonchev–Trinajstić information content (AvgIpc) is 2.62. The Bertz CT molecular complexity index is 626. The lowest BCUT2D eigenvalue weighted by Gasteiger charge is -2.39. The molecule has 2 aliphatic rings. The minimum Gasteiger partial charge on any atom is -0.356 e. The molecule has 0 saturated carbocycles. The van der Waals surface area contributed by atoms with Crippen molar-refractivity contribution in [2.75, 3.05) is 32.8 Å². The molecule has 0 radical (unpaired) electrons. The van der Waals surface area contributed by atoms with E-state index in [0.717, 1.165) is 5.56 Å². The summed E-state index contributed by atoms with van der Waals surface area (Å²) in [5.74, 6) is -0.355. The predicted molar refractivity (Wildman–Crippen MR) is 85.9 cm³/mol. The smallest absolute Gasteiger partial charge is 0.254 e. The fourth-order valence-electron chi connectivity index (χ4n) is 3.11. The number of carbonyl (C=O) groups is 3. The molecule has 1 aromatic carbocycles. The first-order valence-electron chi connectivity index (χ1n) is 8.06. The number of amides is 3. The summed E-state index contributed by atoms with van der Waals surface area (Å²) >= 11 is 0. The molecule has 0 spiro atoms. The van der Waals surface area contributed by atoms with Gasteiger partial charge in [0.15, 0.2) is 6.10 Å². The molecule has 3 rings (SSSR count). The lowest BCUT2D eigenvalue weighted by atomic mass is 9.98. The molecule has 7 heteroatoms. The Labute approximate surface area is 140 Å². The van der Waals surface area contributed by atoms with Gasteiger partial charge in [-0.3, -0.25) is 14.4 Å². The first-order valence-corrected chi connectivity index (χ1v) is 8.06. The van der Waals surface area contributed by atoms with Crippen molar-refractivity contribution in [3.05, 3.63) is 35.9 Å². The van der Waals surface area contributed by atoms with E-state index in [1.807, 2.05) is 30.3 Å². The summed E-state index contributed by atoms with van der Waals surface area (Å²) in [5, 5.41) is 2.85. The molecule has 7 nitrogen and oxygen atoms in total. The van der Waals surface area contributed by atoms with Gasteiger partial charge in [0.1, 0.15) is 6.61 Å². The van der Waals surface area contributed by atoms with Crippen molar-refractivity contribution < 1.29 is 19.1 Å². The number of ether oxygens (including phenoxy) is 1. The minimum atomic E-state index is -0.742. The Morgan fingerprint density at radius 3 is 2.33 bits per heavy atom. The maximum Gasteiger partial charge on any atom is 0.254 e. The molecule has 2 atom stereocenters. The van der Waals surface area contributed by atoms with Crippen LogP contribution in [0.25, 0.3) is 0 Å². The summed E-state index contributed by atoms with van der Waals surface area (Å²) in [4.78, 5) is 39.4. The Balaban J connectivity index is 1.72. The highest BCUT2D eigenvalue weighted by atomic mass is 16.5. The van der Waals surface area contributed by atoms with E-state index in [1.54, 1.807) is 9.80 Å². The van der Waals surface area contributed by atoms with Gasteiger partial charge < -0.3 is 19.9 Å². The van der Waals surface area contributed by atoms with Gasteiger partial charge >= 0.3 is 0 Å². The van der Waals surface area contributed by atoms with E-state index in [4.69, 9.17) is 4.74 Å². The molecule has 24 heavy (non-hydrogen) atoms. The molecule has 1 N–H and O–H groups in total. The molecule has 0 aromatic heterocycles. The number of nitrogens with zero attached hydrogens (tertiary/aromatic N) is 2. The Hall–Kier alpha value is -2.41. The highest BCUT2D eigenvalue weighted by molar-refractivity contribution is 5.86. The van der Waals surface area contributed by atoms with Crippen LogP contribution >= 0.6 is 0 Å². The van der Waals surface area contributed by atoms with E-state index < -0.39 is 12.1 Å². The SMILES string of the molecule is CC(=O)N1CCN(C(=O)[C@H]2OCC(=O)N[C@@H]2c2ccccc2)CC1. The summed E-state index contributed by atoms with van der Waals surface area (Å²) in [7, 11) is 0. The van der Waals surface area contributed by atoms with Crippen molar-refractivity contribution >= 4 is 17.7 Å². The van der Waals surface area contributed by atoms with E-state index in [2.05, 4.69) is 5.32 Å². The molecule has 0 bridgehead atoms. The maximum absolute atomic E-state index is 12.9. The van der Waals surface area contributed by atoms with Gasteiger partial charge in [-0.15, -0.1) is 0 Å². The van der Waals surface area contributed by atoms with Crippen LogP contribution < -0.4 is 5.32 Å². The maximum atomic E-state index is 12.9. The molecular weight excluding hydrogens is 310 g/mol. The van der Waals surface area contributed by atoms with Gasteiger partial charge in [0.05, 0.1) is 6.04 Å². The van der Waals surface area contributed by atoms with Crippen molar-refractivity contribution in [3.8, 4) is 0 Å². The van der Waals surface area contributed by atoms with Crippen LogP contribution in [0.4, 0.5) is 0 Å². The number of carbonyl (C=O) groups excluding carboxylic acids is 3. The van der Waals surface area contributed by atoms with Crippen LogP contribution in [0.3, 0.4) is 0 Å². The predicted octanol–water partition coefficient (Wildman–Crippen LogP) is -0.0666. The van der Waals surface area contributed by atoms with Crippen LogP contribution in [0.5, 0.6) is 0 Å². The van der Waals surface area contributed by atoms with Crippen LogP contribution in [-0.2, 0) is 19.1 Å². The molecular formula is C17H21N3O4. The second kappa shape index (κ2) is 7.00. The molecule has 3 amide bonds. The van der Waals surface area contributed by atoms with Crippen molar-refractivity contribution in [2.45, 2.75) is 19.1 Å². The normalized spacial score (nSPS) is 24.5. The number of benzene rings is 1. The van der Waals surface area contributed by atoms with Crippen LogP contribution in [0, 0.1) is 0 Å². The lowest BCUT2D eigenvalue weighted by Crippen LogP contribution is -2.57. The van der Waals surface area contributed by atoms with E-state index in [9.17, 15) is 14.4 Å². The Morgan fingerprint density at radius 1 is 1.08 bits per heavy atom. The van der Waals surface area contributed by atoms with Gasteiger partial charge in [-0.05, 0) is 5.56 Å². The van der Waals surface area contributed by atoms with Crippen LogP contribution in [0.1, 0.15) is 18.5 Å². The summed E-state index contributed by atoms with van der Waals surface area (Å²) in [6.45, 7) is 3.42. The van der Waals surface area contributed by atoms with Crippen molar-refractivity contribution in [1.29, 1.82) is 0 Å². The Morgan fingerprint density at radius 2 is 1.71 bits per heavy atom. The molecule has 2 saturated heterocycles. The first kappa shape index (κ1) is 16.4. The zero-order chi connectivity index (χ0) is 17.1. The minimum absolute atomic E-state index is 0.0189. The third kappa shape index (κ3) is 3.41. The summed E-state index contributed by atoms with van der Waals surface area (Å²) < 4.78 is 5.56. The van der Waals surface area contributed by atoms with Gasteiger partial charge in [-0.2, -0.15) is 0 Å². The molecule has 0 unspecified atom stereocenters. The second-order valence-corrected chi connectivity index (χ2v) is 6.02. The molecule has 2 aliphatic heterocycles. The first-order chi connectivity index (χ1) is 11.6. The van der Waals surface area contributed by atoms with Crippen molar-refractivity contribution in [2.24, 2.45) is 0 Å². The molecule has 0 aliphatic carbocycles. The Kier molecular flexibility index (Phi) is 4.80. The fourth-order valence-corrected chi connectivity index (χ4v) is 3.11. The largest absolute Gasteiger partial charge is 0.356 e. The molecule has 1 aromatic rings. The van der Waals surface area contributed by atoms with Gasteiger partial charge in [0.2, 0.25) is 11.8 Å². The van der Waals surface area contributed by atoms with Crippen LogP contribution in [-0.4, -0.2) is 66.4 Å². The monoisotopic (exact) mass is 331 g/mol. The number of hydrogen-bond donors (Lipinski definition) is 1.